The molecule has 2 atom stereocenters. The van der Waals surface area contributed by atoms with Crippen molar-refractivity contribution in [1.29, 1.82) is 0 Å². The molecule has 0 amide bonds. The number of allylic oxidation sites excluding steroid dienone is 2. The topological polar surface area (TPSA) is 32.7 Å². The van der Waals surface area contributed by atoms with Gasteiger partial charge in [0.1, 0.15) is 0 Å². The number of hydrogen-bond donors (Lipinski definition) is 1. The van der Waals surface area contributed by atoms with Crippen LogP contribution in [0.1, 0.15) is 40.5 Å². The zero-order chi connectivity index (χ0) is 19.4. The molecule has 3 nitrogen and oxygen atoms in total. The lowest BCUT2D eigenvalue weighted by molar-refractivity contribution is 0.0712. The molecule has 1 fully saturated rings. The fourth-order valence-corrected chi connectivity index (χ4v) is 3.03. The van der Waals surface area contributed by atoms with Crippen LogP contribution in [0.15, 0.2) is 48.1 Å². The highest BCUT2D eigenvalue weighted by Gasteiger charge is 2.25. The molecule has 1 unspecified atom stereocenters. The van der Waals surface area contributed by atoms with Crippen LogP contribution in [0.3, 0.4) is 0 Å². The number of rotatable bonds is 6. The third-order valence-electron chi connectivity index (χ3n) is 4.55. The summed E-state index contributed by atoms with van der Waals surface area (Å²) in [5, 5.41) is 10.4. The second kappa shape index (κ2) is 12.7. The maximum absolute atomic E-state index is 13.6. The monoisotopic (exact) mass is 363 g/mol. The van der Waals surface area contributed by atoms with Gasteiger partial charge < -0.3 is 9.84 Å². The number of nitrogens with zero attached hydrogens (tertiary/aromatic N) is 1. The molecule has 26 heavy (non-hydrogen) atoms. The summed E-state index contributed by atoms with van der Waals surface area (Å²) in [6.45, 7) is 11.1. The maximum atomic E-state index is 13.6. The molecule has 0 bridgehead atoms. The molecule has 1 heterocycles. The number of hydrogen-bond acceptors (Lipinski definition) is 3. The molecular weight excluding hydrogens is 329 g/mol. The molecule has 4 heteroatoms. The van der Waals surface area contributed by atoms with E-state index in [2.05, 4.69) is 17.1 Å². The van der Waals surface area contributed by atoms with Crippen LogP contribution in [-0.2, 0) is 0 Å². The fourth-order valence-electron chi connectivity index (χ4n) is 3.03. The summed E-state index contributed by atoms with van der Waals surface area (Å²) < 4.78 is 19.2. The number of likely N-dealkylation sites (tertiary alicyclic amines) is 1. The number of benzene rings is 1. The third-order valence-corrected chi connectivity index (χ3v) is 4.55. The Morgan fingerprint density at radius 1 is 1.23 bits per heavy atom. The largest absolute Gasteiger partial charge is 0.490 e. The predicted octanol–water partition coefficient (Wildman–Crippen LogP) is 4.83. The molecule has 1 aromatic rings. The molecule has 0 radical (unpaired) electrons. The van der Waals surface area contributed by atoms with Gasteiger partial charge in [-0.1, -0.05) is 44.2 Å². The minimum absolute atomic E-state index is 0.0328. The van der Waals surface area contributed by atoms with Crippen molar-refractivity contribution in [3.8, 4) is 5.75 Å². The van der Waals surface area contributed by atoms with E-state index in [0.29, 0.717) is 6.61 Å². The van der Waals surface area contributed by atoms with E-state index in [9.17, 15) is 9.50 Å². The average molecular weight is 364 g/mol. The Morgan fingerprint density at radius 3 is 2.58 bits per heavy atom. The summed E-state index contributed by atoms with van der Waals surface area (Å²) in [4.78, 5) is 2.36. The van der Waals surface area contributed by atoms with Crippen LogP contribution >= 0.6 is 0 Å². The highest BCUT2D eigenvalue weighted by Crippen LogP contribution is 2.22. The van der Waals surface area contributed by atoms with Crippen LogP contribution in [0, 0.1) is 11.7 Å². The van der Waals surface area contributed by atoms with Crippen molar-refractivity contribution in [1.82, 2.24) is 4.90 Å². The van der Waals surface area contributed by atoms with Gasteiger partial charge in [-0.05, 0) is 50.9 Å². The van der Waals surface area contributed by atoms with Crippen LogP contribution in [0.2, 0.25) is 0 Å². The quantitative estimate of drug-likeness (QED) is 0.735. The van der Waals surface area contributed by atoms with Crippen molar-refractivity contribution in [2.75, 3.05) is 26.2 Å². The minimum atomic E-state index is -0.405. The summed E-state index contributed by atoms with van der Waals surface area (Å²) in [5.74, 6) is -0.0632. The van der Waals surface area contributed by atoms with Crippen molar-refractivity contribution in [2.45, 2.75) is 46.6 Å². The summed E-state index contributed by atoms with van der Waals surface area (Å²) in [6.07, 6.45) is 7.46. The predicted molar refractivity (Wildman–Crippen MR) is 107 cm³/mol. The van der Waals surface area contributed by atoms with E-state index in [1.54, 1.807) is 18.2 Å². The van der Waals surface area contributed by atoms with Gasteiger partial charge in [-0.15, -0.1) is 0 Å². The molecule has 0 aliphatic carbocycles. The first-order valence-electron chi connectivity index (χ1n) is 9.69. The van der Waals surface area contributed by atoms with Gasteiger partial charge in [0.05, 0.1) is 12.7 Å². The van der Waals surface area contributed by atoms with Crippen LogP contribution < -0.4 is 4.74 Å². The van der Waals surface area contributed by atoms with E-state index in [-0.39, 0.29) is 17.5 Å². The van der Waals surface area contributed by atoms with Crippen LogP contribution in [0.25, 0.3) is 0 Å². The normalized spacial score (nSPS) is 21.8. The molecule has 146 valence electrons. The molecule has 0 aromatic heterocycles. The van der Waals surface area contributed by atoms with E-state index in [1.807, 2.05) is 33.8 Å². The van der Waals surface area contributed by atoms with Gasteiger partial charge in [0.2, 0.25) is 0 Å². The Bertz CT molecular complexity index is 571. The zero-order valence-corrected chi connectivity index (χ0v) is 16.6. The number of ether oxygens (including phenoxy) is 1. The standard InChI is InChI=1S/C20H28FNO2.C2H6/c1-3-7-16(4-2)14-22-12-10-17(19(23)11-13-22)15-24-20-9-6-5-8-18(20)21;1-2/h3-9,17,19,23H,10-15H2,1-2H3;1-2H3/b7-3-,16-4+;/t17-,19?;/m0./s1. The number of halogens is 1. The molecule has 1 N–H and O–H groups in total. The minimum Gasteiger partial charge on any atom is -0.490 e. The fraction of sp³-hybridized carbons (Fsp3) is 0.545. The Morgan fingerprint density at radius 2 is 1.92 bits per heavy atom. The Kier molecular flexibility index (Phi) is 10.9. The van der Waals surface area contributed by atoms with E-state index in [0.717, 1.165) is 32.5 Å². The van der Waals surface area contributed by atoms with Crippen molar-refractivity contribution in [2.24, 2.45) is 5.92 Å². The second-order valence-electron chi connectivity index (χ2n) is 6.29. The molecule has 1 aliphatic rings. The van der Waals surface area contributed by atoms with Crippen LogP contribution in [0.5, 0.6) is 5.75 Å². The smallest absolute Gasteiger partial charge is 0.165 e. The Balaban J connectivity index is 0.00000163. The summed E-state index contributed by atoms with van der Waals surface area (Å²) in [6, 6.07) is 6.41. The van der Waals surface area contributed by atoms with Gasteiger partial charge in [-0.3, -0.25) is 4.90 Å². The van der Waals surface area contributed by atoms with Gasteiger partial charge in [-0.2, -0.15) is 0 Å². The van der Waals surface area contributed by atoms with Crippen molar-refractivity contribution >= 4 is 0 Å². The zero-order valence-electron chi connectivity index (χ0n) is 16.6. The van der Waals surface area contributed by atoms with Gasteiger partial charge >= 0.3 is 0 Å². The number of aliphatic hydroxyl groups excluding tert-OH is 1. The molecule has 0 spiro atoms. The van der Waals surface area contributed by atoms with Gasteiger partial charge in [0.15, 0.2) is 11.6 Å². The van der Waals surface area contributed by atoms with Gasteiger partial charge in [-0.25, -0.2) is 4.39 Å². The Hall–Kier alpha value is -1.65. The average Bonchev–Trinajstić information content (AvgIpc) is 2.84. The highest BCUT2D eigenvalue weighted by atomic mass is 19.1. The molecule has 2 rings (SSSR count). The first kappa shape index (κ1) is 22.4. The lowest BCUT2D eigenvalue weighted by Crippen LogP contribution is -2.27. The Labute approximate surface area is 158 Å². The first-order chi connectivity index (χ1) is 12.6. The molecule has 1 aromatic carbocycles. The van der Waals surface area contributed by atoms with Crippen molar-refractivity contribution in [3.63, 3.8) is 0 Å². The number of aliphatic hydroxyl groups is 1. The van der Waals surface area contributed by atoms with Crippen molar-refractivity contribution < 1.29 is 14.2 Å². The lowest BCUT2D eigenvalue weighted by atomic mass is 9.99. The van der Waals surface area contributed by atoms with E-state index in [4.69, 9.17) is 4.74 Å². The SMILES string of the molecule is C/C=C\C(=C/C)CN1CCC(O)[C@H](COc2ccccc2F)CC1.CC. The highest BCUT2D eigenvalue weighted by molar-refractivity contribution is 5.23. The van der Waals surface area contributed by atoms with Crippen LogP contribution in [0.4, 0.5) is 4.39 Å². The maximum Gasteiger partial charge on any atom is 0.165 e. The summed E-state index contributed by atoms with van der Waals surface area (Å²) in [7, 11) is 0. The lowest BCUT2D eigenvalue weighted by Gasteiger charge is -2.21. The molecular formula is C22H34FNO2. The molecule has 1 saturated heterocycles. The van der Waals surface area contributed by atoms with E-state index < -0.39 is 6.10 Å². The van der Waals surface area contributed by atoms with E-state index >= 15 is 0 Å². The van der Waals surface area contributed by atoms with E-state index in [1.165, 1.54) is 11.6 Å². The third kappa shape index (κ3) is 7.30. The second-order valence-corrected chi connectivity index (χ2v) is 6.29. The summed E-state index contributed by atoms with van der Waals surface area (Å²) >= 11 is 0. The summed E-state index contributed by atoms with van der Waals surface area (Å²) in [5.41, 5.74) is 1.29. The van der Waals surface area contributed by atoms with Gasteiger partial charge in [0, 0.05) is 19.0 Å². The first-order valence-corrected chi connectivity index (χ1v) is 9.69. The van der Waals surface area contributed by atoms with Gasteiger partial charge in [0.25, 0.3) is 0 Å². The van der Waals surface area contributed by atoms with Crippen molar-refractivity contribution in [3.05, 3.63) is 53.9 Å². The molecule has 0 saturated carbocycles. The van der Waals surface area contributed by atoms with Crippen LogP contribution in [-0.4, -0.2) is 42.4 Å². The molecule has 1 aliphatic heterocycles. The number of para-hydroxylation sites is 1.